The van der Waals surface area contributed by atoms with Crippen molar-refractivity contribution in [3.05, 3.63) is 89.5 Å². The van der Waals surface area contributed by atoms with Crippen LogP contribution in [0.2, 0.25) is 0 Å². The summed E-state index contributed by atoms with van der Waals surface area (Å²) in [5.74, 6) is -1.31. The topological polar surface area (TPSA) is 104 Å². The number of carboxylic acid groups (broad SMARTS) is 1. The number of benzene rings is 3. The average molecular weight is 481 g/mol. The zero-order valence-corrected chi connectivity index (χ0v) is 20.0. The summed E-state index contributed by atoms with van der Waals surface area (Å²) in [6, 6.07) is 19.9. The fourth-order valence-electron chi connectivity index (χ4n) is 3.57. The minimum absolute atomic E-state index is 0.0131. The highest BCUT2D eigenvalue weighted by Gasteiger charge is 2.20. The van der Waals surface area contributed by atoms with E-state index in [-0.39, 0.29) is 21.9 Å². The smallest absolute Gasteiger partial charge is 0.337 e. The summed E-state index contributed by atoms with van der Waals surface area (Å²) in [6.45, 7) is 4.67. The fraction of sp³-hybridized carbons (Fsp3) is 0.231. The summed E-state index contributed by atoms with van der Waals surface area (Å²) in [6.07, 6.45) is 1.84. The third-order valence-corrected chi connectivity index (χ3v) is 6.79. The second-order valence-electron chi connectivity index (χ2n) is 7.98. The van der Waals surface area contributed by atoms with Gasteiger partial charge in [0, 0.05) is 24.3 Å². The molecule has 0 amide bonds. The Bertz CT molecular complexity index is 1260. The van der Waals surface area contributed by atoms with Crippen molar-refractivity contribution in [2.24, 2.45) is 0 Å². The number of unbranched alkanes of at least 4 members (excludes halogenated alkanes) is 1. The van der Waals surface area contributed by atoms with E-state index in [1.807, 2.05) is 35.2 Å². The lowest BCUT2D eigenvalue weighted by atomic mass is 10.1. The van der Waals surface area contributed by atoms with E-state index in [0.29, 0.717) is 24.3 Å². The van der Waals surface area contributed by atoms with Gasteiger partial charge >= 0.3 is 5.97 Å². The first-order valence-electron chi connectivity index (χ1n) is 11.0. The van der Waals surface area contributed by atoms with Gasteiger partial charge in [0.1, 0.15) is 0 Å². The van der Waals surface area contributed by atoms with E-state index in [2.05, 4.69) is 11.6 Å². The van der Waals surface area contributed by atoms with Crippen LogP contribution in [-0.2, 0) is 16.6 Å². The number of rotatable bonds is 11. The van der Waals surface area contributed by atoms with Crippen molar-refractivity contribution >= 4 is 33.2 Å². The zero-order chi connectivity index (χ0) is 24.7. The van der Waals surface area contributed by atoms with Gasteiger partial charge < -0.3 is 10.0 Å². The Morgan fingerprint density at radius 1 is 0.971 bits per heavy atom. The van der Waals surface area contributed by atoms with Crippen LogP contribution < -0.4 is 9.62 Å². The first-order chi connectivity index (χ1) is 16.2. The van der Waals surface area contributed by atoms with Crippen LogP contribution in [0.25, 0.3) is 0 Å². The Hall–Kier alpha value is -3.65. The van der Waals surface area contributed by atoms with E-state index in [0.717, 1.165) is 18.4 Å². The molecule has 0 atom stereocenters. The largest absolute Gasteiger partial charge is 0.478 e. The number of carboxylic acids is 1. The summed E-state index contributed by atoms with van der Waals surface area (Å²) in [5.41, 5.74) is 2.14. The molecule has 0 unspecified atom stereocenters. The molecule has 0 heterocycles. The lowest BCUT2D eigenvalue weighted by molar-refractivity contribution is 0.0697. The van der Waals surface area contributed by atoms with Crippen molar-refractivity contribution in [3.63, 3.8) is 0 Å². The number of nitrogens with zero attached hydrogens (tertiary/aromatic N) is 1. The quantitative estimate of drug-likeness (QED) is 0.366. The number of anilines is 2. The standard InChI is InChI=1S/C26H28N2O5S/c1-3-4-16-28(18-20-8-6-5-7-9-20)25-15-12-22(17-24(25)26(30)31)27-34(32,33)23-13-10-21(11-14-23)19(2)29/h5-15,17,27H,3-4,16,18H2,1-2H3,(H,30,31). The molecule has 0 radical (unpaired) electrons. The van der Waals surface area contributed by atoms with Gasteiger partial charge in [-0.2, -0.15) is 0 Å². The van der Waals surface area contributed by atoms with Gasteiger partial charge in [-0.05, 0) is 49.2 Å². The van der Waals surface area contributed by atoms with Crippen molar-refractivity contribution in [3.8, 4) is 0 Å². The number of hydrogen-bond acceptors (Lipinski definition) is 5. The van der Waals surface area contributed by atoms with Gasteiger partial charge in [-0.25, -0.2) is 13.2 Å². The molecule has 8 heteroatoms. The number of ketones is 1. The summed E-state index contributed by atoms with van der Waals surface area (Å²) >= 11 is 0. The molecule has 0 bridgehead atoms. The third-order valence-electron chi connectivity index (χ3n) is 5.39. The van der Waals surface area contributed by atoms with Crippen LogP contribution in [0.15, 0.2) is 77.7 Å². The molecule has 3 aromatic carbocycles. The summed E-state index contributed by atoms with van der Waals surface area (Å²) < 4.78 is 28.1. The Kier molecular flexibility index (Phi) is 8.07. The monoisotopic (exact) mass is 480 g/mol. The van der Waals surface area contributed by atoms with E-state index in [1.54, 1.807) is 12.1 Å². The maximum Gasteiger partial charge on any atom is 0.337 e. The predicted octanol–water partition coefficient (Wildman–Crippen LogP) is 5.19. The van der Waals surface area contributed by atoms with Crippen LogP contribution in [0.5, 0.6) is 0 Å². The first kappa shape index (κ1) is 25.0. The molecule has 0 aliphatic carbocycles. The minimum atomic E-state index is -3.96. The highest BCUT2D eigenvalue weighted by atomic mass is 32.2. The first-order valence-corrected chi connectivity index (χ1v) is 12.5. The van der Waals surface area contributed by atoms with E-state index < -0.39 is 16.0 Å². The molecule has 0 aliphatic rings. The molecule has 3 rings (SSSR count). The van der Waals surface area contributed by atoms with Crippen molar-refractivity contribution < 1.29 is 23.1 Å². The Balaban J connectivity index is 1.91. The van der Waals surface area contributed by atoms with Crippen LogP contribution in [0.3, 0.4) is 0 Å². The minimum Gasteiger partial charge on any atom is -0.478 e. The average Bonchev–Trinajstić information content (AvgIpc) is 2.82. The highest BCUT2D eigenvalue weighted by molar-refractivity contribution is 7.92. The number of aromatic carboxylic acids is 1. The molecule has 3 aromatic rings. The van der Waals surface area contributed by atoms with Gasteiger partial charge in [0.15, 0.2) is 5.78 Å². The summed E-state index contributed by atoms with van der Waals surface area (Å²) in [7, 11) is -3.96. The summed E-state index contributed by atoms with van der Waals surface area (Å²) in [4.78, 5) is 25.5. The lowest BCUT2D eigenvalue weighted by Gasteiger charge is -2.27. The van der Waals surface area contributed by atoms with Gasteiger partial charge in [0.05, 0.1) is 16.1 Å². The van der Waals surface area contributed by atoms with Crippen LogP contribution in [0.4, 0.5) is 11.4 Å². The molecule has 0 saturated heterocycles. The maximum absolute atomic E-state index is 12.8. The van der Waals surface area contributed by atoms with E-state index in [9.17, 15) is 23.1 Å². The molecular weight excluding hydrogens is 452 g/mol. The van der Waals surface area contributed by atoms with Gasteiger partial charge in [0.25, 0.3) is 10.0 Å². The van der Waals surface area contributed by atoms with Gasteiger partial charge in [0.2, 0.25) is 0 Å². The maximum atomic E-state index is 12.8. The number of Topliss-reactive ketones (excluding diaryl/α,β-unsaturated/α-hetero) is 1. The van der Waals surface area contributed by atoms with E-state index in [4.69, 9.17) is 0 Å². The summed E-state index contributed by atoms with van der Waals surface area (Å²) in [5, 5.41) is 9.89. The molecule has 7 nitrogen and oxygen atoms in total. The van der Waals surface area contributed by atoms with Crippen molar-refractivity contribution in [2.75, 3.05) is 16.2 Å². The van der Waals surface area contributed by atoms with Crippen LogP contribution in [0.1, 0.15) is 53.0 Å². The highest BCUT2D eigenvalue weighted by Crippen LogP contribution is 2.28. The normalized spacial score (nSPS) is 11.1. The molecule has 0 saturated carbocycles. The van der Waals surface area contributed by atoms with Crippen LogP contribution >= 0.6 is 0 Å². The van der Waals surface area contributed by atoms with Crippen molar-refractivity contribution in [1.82, 2.24) is 0 Å². The Morgan fingerprint density at radius 2 is 1.65 bits per heavy atom. The second kappa shape index (κ2) is 11.0. The van der Waals surface area contributed by atoms with Crippen molar-refractivity contribution in [1.29, 1.82) is 0 Å². The SMILES string of the molecule is CCCCN(Cc1ccccc1)c1ccc(NS(=O)(=O)c2ccc(C(C)=O)cc2)cc1C(=O)O. The number of nitrogens with one attached hydrogen (secondary N) is 1. The lowest BCUT2D eigenvalue weighted by Crippen LogP contribution is -2.26. The van der Waals surface area contributed by atoms with Gasteiger partial charge in [-0.1, -0.05) is 55.8 Å². The van der Waals surface area contributed by atoms with Crippen LogP contribution in [-0.4, -0.2) is 31.8 Å². The predicted molar refractivity (Wildman–Crippen MR) is 133 cm³/mol. The molecule has 34 heavy (non-hydrogen) atoms. The molecule has 2 N–H and O–H groups in total. The molecule has 0 spiro atoms. The zero-order valence-electron chi connectivity index (χ0n) is 19.2. The number of carbonyl (C=O) groups is 2. The molecule has 178 valence electrons. The molecule has 0 aliphatic heterocycles. The Labute approximate surface area is 200 Å². The van der Waals surface area contributed by atoms with E-state index >= 15 is 0 Å². The number of carbonyl (C=O) groups excluding carboxylic acids is 1. The van der Waals surface area contributed by atoms with Gasteiger partial charge in [-0.3, -0.25) is 9.52 Å². The third kappa shape index (κ3) is 6.23. The van der Waals surface area contributed by atoms with E-state index in [1.165, 1.54) is 37.3 Å². The van der Waals surface area contributed by atoms with Gasteiger partial charge in [-0.15, -0.1) is 0 Å². The Morgan fingerprint density at radius 3 is 2.24 bits per heavy atom. The molecule has 0 fully saturated rings. The number of hydrogen-bond donors (Lipinski definition) is 2. The molecular formula is C26H28N2O5S. The van der Waals surface area contributed by atoms with Crippen LogP contribution in [0, 0.1) is 0 Å². The molecule has 0 aromatic heterocycles. The number of sulfonamides is 1. The van der Waals surface area contributed by atoms with Crippen molar-refractivity contribution in [2.45, 2.75) is 38.1 Å². The fourth-order valence-corrected chi connectivity index (χ4v) is 4.62. The second-order valence-corrected chi connectivity index (χ2v) is 9.67.